The van der Waals surface area contributed by atoms with Crippen molar-refractivity contribution in [2.45, 2.75) is 13.3 Å². The van der Waals surface area contributed by atoms with Crippen LogP contribution in [0.4, 0.5) is 11.4 Å². The zero-order valence-corrected chi connectivity index (χ0v) is 26.3. The van der Waals surface area contributed by atoms with Crippen LogP contribution in [0.25, 0.3) is 0 Å². The molecule has 1 atom stereocenters. The Morgan fingerprint density at radius 3 is 2.05 bits per heavy atom. The van der Waals surface area contributed by atoms with Crippen molar-refractivity contribution in [2.75, 3.05) is 30.9 Å². The molecule has 0 aromatic heterocycles. The van der Waals surface area contributed by atoms with E-state index in [0.717, 1.165) is 17.0 Å². The third-order valence-electron chi connectivity index (χ3n) is 5.32. The molecule has 0 saturated heterocycles. The number of phenolic OH excluding ortho intramolecular Hbond substituents is 1. The number of carbonyl (C=O) groups excluding carboxylic acids is 2. The zero-order chi connectivity index (χ0) is 27.1. The van der Waals surface area contributed by atoms with E-state index in [0.29, 0.717) is 35.9 Å². The minimum absolute atomic E-state index is 0.0121. The minimum Gasteiger partial charge on any atom is -0.506 e. The highest BCUT2D eigenvalue weighted by Gasteiger charge is 2.28. The van der Waals surface area contributed by atoms with Gasteiger partial charge in [0.25, 0.3) is 0 Å². The first kappa shape index (κ1) is 29.5. The number of anilines is 2. The van der Waals surface area contributed by atoms with Gasteiger partial charge in [0.1, 0.15) is 23.2 Å². The lowest BCUT2D eigenvalue weighted by Crippen LogP contribution is -2.35. The summed E-state index contributed by atoms with van der Waals surface area (Å²) in [4.78, 5) is 26.7. The number of phenols is 1. The number of hydrogen-bond donors (Lipinski definition) is 3. The Labute approximate surface area is 248 Å². The van der Waals surface area contributed by atoms with E-state index < -0.39 is 11.8 Å². The van der Waals surface area contributed by atoms with Gasteiger partial charge >= 0.3 is 0 Å². The molecule has 0 heterocycles. The molecule has 3 aromatic rings. The van der Waals surface area contributed by atoms with E-state index in [2.05, 4.69) is 74.4 Å². The normalized spacial score (nSPS) is 11.5. The number of methoxy groups -OCH3 is 1. The van der Waals surface area contributed by atoms with Gasteiger partial charge in [-0.1, -0.05) is 0 Å². The van der Waals surface area contributed by atoms with Crippen LogP contribution in [-0.4, -0.2) is 37.1 Å². The van der Waals surface area contributed by atoms with Crippen molar-refractivity contribution in [1.29, 1.82) is 0 Å². The second-order valence-electron chi connectivity index (χ2n) is 7.90. The predicted octanol–water partition coefficient (Wildman–Crippen LogP) is 7.33. The van der Waals surface area contributed by atoms with E-state index in [1.54, 1.807) is 19.2 Å². The Bertz CT molecular complexity index is 1240. The summed E-state index contributed by atoms with van der Waals surface area (Å²) in [5.41, 5.74) is 1.93. The Balaban J connectivity index is 1.83. The van der Waals surface area contributed by atoms with Gasteiger partial charge in [0.2, 0.25) is 5.91 Å². The number of aromatic hydroxyl groups is 1. The summed E-state index contributed by atoms with van der Waals surface area (Å²) in [7, 11) is 1.56. The first-order valence-electron chi connectivity index (χ1n) is 11.1. The van der Waals surface area contributed by atoms with Gasteiger partial charge in [-0.05, 0) is 131 Å². The molecule has 0 aliphatic carbocycles. The summed E-state index contributed by atoms with van der Waals surface area (Å²) in [6.07, 6.45) is 0.164. The maximum absolute atomic E-state index is 13.4. The van der Waals surface area contributed by atoms with Gasteiger partial charge in [-0.15, -0.1) is 0 Å². The standard InChI is InChI=1S/C26H24Br4N2O5/c1-3-37-17-6-4-15(5-7-17)31-13-23(33)18(8-14-9-21(29)25(36-2)22(30)10-14)26(35)32-16-11-19(27)24(34)20(28)12-16/h4-7,9-12,18,31,34H,3,8,13H2,1-2H3,(H,32,35). The first-order valence-corrected chi connectivity index (χ1v) is 14.3. The molecule has 7 nitrogen and oxygen atoms in total. The second kappa shape index (κ2) is 13.6. The van der Waals surface area contributed by atoms with Crippen LogP contribution in [0.15, 0.2) is 66.4 Å². The maximum atomic E-state index is 13.4. The Morgan fingerprint density at radius 1 is 0.919 bits per heavy atom. The average Bonchev–Trinajstić information content (AvgIpc) is 2.85. The summed E-state index contributed by atoms with van der Waals surface area (Å²) in [6, 6.07) is 14.0. The lowest BCUT2D eigenvalue weighted by molar-refractivity contribution is -0.130. The van der Waals surface area contributed by atoms with Crippen molar-refractivity contribution in [3.8, 4) is 17.2 Å². The highest BCUT2D eigenvalue weighted by atomic mass is 79.9. The number of hydrogen-bond acceptors (Lipinski definition) is 6. The van der Waals surface area contributed by atoms with Crippen LogP contribution in [0.5, 0.6) is 17.2 Å². The van der Waals surface area contributed by atoms with Crippen molar-refractivity contribution in [2.24, 2.45) is 5.92 Å². The van der Waals surface area contributed by atoms with E-state index in [1.165, 1.54) is 0 Å². The summed E-state index contributed by atoms with van der Waals surface area (Å²) in [5.74, 6) is -0.380. The van der Waals surface area contributed by atoms with Crippen molar-refractivity contribution in [3.63, 3.8) is 0 Å². The third kappa shape index (κ3) is 7.95. The molecule has 1 amide bonds. The Hall–Kier alpha value is -2.08. The molecule has 1 unspecified atom stereocenters. The van der Waals surface area contributed by atoms with Crippen LogP contribution in [-0.2, 0) is 16.0 Å². The third-order valence-corrected chi connectivity index (χ3v) is 7.71. The van der Waals surface area contributed by atoms with Crippen LogP contribution in [0.3, 0.4) is 0 Å². The number of halogens is 4. The molecule has 3 rings (SSSR count). The minimum atomic E-state index is -0.992. The number of Topliss-reactive ketones (excluding diaryl/α,β-unsaturated/α-hetero) is 1. The number of nitrogens with one attached hydrogen (secondary N) is 2. The predicted molar refractivity (Wildman–Crippen MR) is 159 cm³/mol. The number of ether oxygens (including phenoxy) is 2. The number of carbonyl (C=O) groups is 2. The number of ketones is 1. The topological polar surface area (TPSA) is 96.9 Å². The number of rotatable bonds is 11. The molecule has 0 aliphatic heterocycles. The molecule has 0 aliphatic rings. The lowest BCUT2D eigenvalue weighted by Gasteiger charge is -2.18. The summed E-state index contributed by atoms with van der Waals surface area (Å²) < 4.78 is 13.0. The maximum Gasteiger partial charge on any atom is 0.235 e. The molecule has 0 radical (unpaired) electrons. The number of benzene rings is 3. The highest BCUT2D eigenvalue weighted by molar-refractivity contribution is 9.11. The monoisotopic (exact) mass is 760 g/mol. The van der Waals surface area contributed by atoms with Crippen LogP contribution >= 0.6 is 63.7 Å². The van der Waals surface area contributed by atoms with Crippen LogP contribution in [0.2, 0.25) is 0 Å². The quantitative estimate of drug-likeness (QED) is 0.140. The van der Waals surface area contributed by atoms with Gasteiger partial charge in [-0.25, -0.2) is 0 Å². The van der Waals surface area contributed by atoms with Crippen LogP contribution < -0.4 is 20.1 Å². The van der Waals surface area contributed by atoms with Gasteiger partial charge in [0.15, 0.2) is 5.78 Å². The second-order valence-corrected chi connectivity index (χ2v) is 11.3. The van der Waals surface area contributed by atoms with Gasteiger partial charge in [-0.3, -0.25) is 9.59 Å². The van der Waals surface area contributed by atoms with E-state index in [4.69, 9.17) is 9.47 Å². The Morgan fingerprint density at radius 2 is 1.51 bits per heavy atom. The van der Waals surface area contributed by atoms with Crippen molar-refractivity contribution >= 4 is 86.8 Å². The van der Waals surface area contributed by atoms with Gasteiger partial charge in [0.05, 0.1) is 38.2 Å². The van der Waals surface area contributed by atoms with Crippen molar-refractivity contribution in [3.05, 3.63) is 72.0 Å². The van der Waals surface area contributed by atoms with Gasteiger partial charge in [-0.2, -0.15) is 0 Å². The average molecular weight is 764 g/mol. The van der Waals surface area contributed by atoms with Gasteiger partial charge in [0, 0.05) is 11.4 Å². The zero-order valence-electron chi connectivity index (χ0n) is 19.9. The molecule has 37 heavy (non-hydrogen) atoms. The molecule has 3 N–H and O–H groups in total. The molecule has 0 fully saturated rings. The highest BCUT2D eigenvalue weighted by Crippen LogP contribution is 2.36. The number of amides is 1. The molecular formula is C26H24Br4N2O5. The van der Waals surface area contributed by atoms with E-state index in [-0.39, 0.29) is 24.5 Å². The van der Waals surface area contributed by atoms with Crippen molar-refractivity contribution in [1.82, 2.24) is 0 Å². The summed E-state index contributed by atoms with van der Waals surface area (Å²) in [5, 5.41) is 15.9. The lowest BCUT2D eigenvalue weighted by atomic mass is 9.93. The molecule has 0 bridgehead atoms. The van der Waals surface area contributed by atoms with Gasteiger partial charge < -0.3 is 25.2 Å². The molecule has 0 saturated carbocycles. The molecule has 196 valence electrons. The molecular weight excluding hydrogens is 740 g/mol. The summed E-state index contributed by atoms with van der Waals surface area (Å²) in [6.45, 7) is 2.42. The summed E-state index contributed by atoms with van der Waals surface area (Å²) >= 11 is 13.5. The SMILES string of the molecule is CCOc1ccc(NCC(=O)C(Cc2cc(Br)c(OC)c(Br)c2)C(=O)Nc2cc(Br)c(O)c(Br)c2)cc1. The van der Waals surface area contributed by atoms with E-state index in [9.17, 15) is 14.7 Å². The Kier molecular flexibility index (Phi) is 10.9. The fourth-order valence-electron chi connectivity index (χ4n) is 3.53. The molecule has 3 aromatic carbocycles. The van der Waals surface area contributed by atoms with Crippen LogP contribution in [0, 0.1) is 5.92 Å². The fourth-order valence-corrected chi connectivity index (χ4v) is 6.32. The fraction of sp³-hybridized carbons (Fsp3) is 0.231. The first-order chi connectivity index (χ1) is 17.6. The molecule has 11 heteroatoms. The van der Waals surface area contributed by atoms with Crippen molar-refractivity contribution < 1.29 is 24.2 Å². The van der Waals surface area contributed by atoms with Crippen LogP contribution in [0.1, 0.15) is 12.5 Å². The molecule has 0 spiro atoms. The largest absolute Gasteiger partial charge is 0.506 e. The smallest absolute Gasteiger partial charge is 0.235 e. The van der Waals surface area contributed by atoms with E-state index >= 15 is 0 Å². The van der Waals surface area contributed by atoms with E-state index in [1.807, 2.05) is 43.3 Å².